The fourth-order valence-corrected chi connectivity index (χ4v) is 2.75. The first-order valence-electron chi connectivity index (χ1n) is 6.05. The first-order valence-corrected chi connectivity index (χ1v) is 7.31. The van der Waals surface area contributed by atoms with E-state index in [1.165, 1.54) is 11.3 Å². The van der Waals surface area contributed by atoms with Crippen LogP contribution in [0.5, 0.6) is 5.75 Å². The van der Waals surface area contributed by atoms with Gasteiger partial charge in [-0.25, -0.2) is 4.98 Å². The number of ether oxygens (including phenoxy) is 1. The van der Waals surface area contributed by atoms with Crippen LogP contribution in [0.25, 0.3) is 10.2 Å². The van der Waals surface area contributed by atoms with Crippen molar-refractivity contribution < 1.29 is 4.74 Å². The number of benzene rings is 1. The lowest BCUT2D eigenvalue weighted by Crippen LogP contribution is -2.22. The molecule has 2 aromatic heterocycles. The van der Waals surface area contributed by atoms with Crippen molar-refractivity contribution in [1.29, 1.82) is 0 Å². The quantitative estimate of drug-likeness (QED) is 0.743. The maximum Gasteiger partial charge on any atom is 0.271 e. The molecule has 0 aliphatic carbocycles. The van der Waals surface area contributed by atoms with E-state index in [0.717, 1.165) is 11.3 Å². The third-order valence-electron chi connectivity index (χ3n) is 2.85. The third-order valence-corrected chi connectivity index (χ3v) is 3.99. The van der Waals surface area contributed by atoms with Gasteiger partial charge >= 0.3 is 0 Å². The molecule has 20 heavy (non-hydrogen) atoms. The second-order valence-electron chi connectivity index (χ2n) is 4.18. The average Bonchev–Trinajstić information content (AvgIpc) is 2.93. The summed E-state index contributed by atoms with van der Waals surface area (Å²) in [6.07, 6.45) is 1.56. The van der Waals surface area contributed by atoms with Crippen molar-refractivity contribution in [2.45, 2.75) is 6.54 Å². The first-order chi connectivity index (χ1) is 9.74. The van der Waals surface area contributed by atoms with E-state index in [-0.39, 0.29) is 5.56 Å². The molecule has 0 atom stereocenters. The zero-order chi connectivity index (χ0) is 13.9. The van der Waals surface area contributed by atoms with Gasteiger partial charge in [0, 0.05) is 5.02 Å². The van der Waals surface area contributed by atoms with Gasteiger partial charge in [0.1, 0.15) is 17.1 Å². The van der Waals surface area contributed by atoms with Crippen molar-refractivity contribution in [1.82, 2.24) is 9.55 Å². The standard InChI is InChI=1S/C14H11ClN2O2S/c15-10-1-3-11(4-2-10)19-7-6-17-9-16-12-5-8-20-13(12)14(17)18/h1-5,8-9H,6-7H2. The van der Waals surface area contributed by atoms with Crippen LogP contribution in [-0.2, 0) is 6.54 Å². The lowest BCUT2D eigenvalue weighted by atomic mass is 10.3. The Bertz CT molecular complexity index is 780. The molecule has 0 unspecified atom stereocenters. The van der Waals surface area contributed by atoms with Gasteiger partial charge in [0.05, 0.1) is 18.4 Å². The molecule has 1 aromatic carbocycles. The van der Waals surface area contributed by atoms with Crippen molar-refractivity contribution >= 4 is 33.2 Å². The van der Waals surface area contributed by atoms with Crippen LogP contribution in [0.2, 0.25) is 5.02 Å². The van der Waals surface area contributed by atoms with Gasteiger partial charge in [0.2, 0.25) is 0 Å². The summed E-state index contributed by atoms with van der Waals surface area (Å²) in [5.41, 5.74) is 0.722. The van der Waals surface area contributed by atoms with Gasteiger partial charge in [-0.1, -0.05) is 11.6 Å². The van der Waals surface area contributed by atoms with Crippen LogP contribution in [-0.4, -0.2) is 16.2 Å². The number of thiophene rings is 1. The zero-order valence-corrected chi connectivity index (χ0v) is 12.0. The van der Waals surface area contributed by atoms with E-state index in [9.17, 15) is 4.79 Å². The molecule has 4 nitrogen and oxygen atoms in total. The summed E-state index contributed by atoms with van der Waals surface area (Å²) in [6, 6.07) is 8.97. The molecule has 0 saturated carbocycles. The van der Waals surface area contributed by atoms with E-state index in [2.05, 4.69) is 4.98 Å². The number of fused-ring (bicyclic) bond motifs is 1. The highest BCUT2D eigenvalue weighted by atomic mass is 35.5. The predicted molar refractivity (Wildman–Crippen MR) is 80.8 cm³/mol. The topological polar surface area (TPSA) is 44.1 Å². The Kier molecular flexibility index (Phi) is 3.71. The Morgan fingerprint density at radius 2 is 2.05 bits per heavy atom. The predicted octanol–water partition coefficient (Wildman–Crippen LogP) is 3.19. The summed E-state index contributed by atoms with van der Waals surface area (Å²) in [5.74, 6) is 0.729. The SMILES string of the molecule is O=c1c2sccc2ncn1CCOc1ccc(Cl)cc1. The maximum absolute atomic E-state index is 12.1. The smallest absolute Gasteiger partial charge is 0.271 e. The van der Waals surface area contributed by atoms with Crippen LogP contribution in [0.15, 0.2) is 46.8 Å². The van der Waals surface area contributed by atoms with Gasteiger partial charge in [-0.3, -0.25) is 9.36 Å². The molecule has 3 rings (SSSR count). The fraction of sp³-hybridized carbons (Fsp3) is 0.143. The molecular weight excluding hydrogens is 296 g/mol. The minimum absolute atomic E-state index is 0.0234. The van der Waals surface area contributed by atoms with E-state index >= 15 is 0 Å². The van der Waals surface area contributed by atoms with Gasteiger partial charge < -0.3 is 4.74 Å². The number of rotatable bonds is 4. The highest BCUT2D eigenvalue weighted by Crippen LogP contribution is 2.16. The van der Waals surface area contributed by atoms with E-state index in [1.54, 1.807) is 35.2 Å². The van der Waals surface area contributed by atoms with Gasteiger partial charge in [-0.2, -0.15) is 0 Å². The van der Waals surface area contributed by atoms with Crippen molar-refractivity contribution in [2.75, 3.05) is 6.61 Å². The molecule has 0 spiro atoms. The Hall–Kier alpha value is -1.85. The van der Waals surface area contributed by atoms with Crippen molar-refractivity contribution in [3.63, 3.8) is 0 Å². The summed E-state index contributed by atoms with van der Waals surface area (Å²) in [5, 5.41) is 2.54. The molecule has 102 valence electrons. The normalized spacial score (nSPS) is 10.8. The molecule has 0 radical (unpaired) electrons. The average molecular weight is 307 g/mol. The van der Waals surface area contributed by atoms with Crippen LogP contribution in [0.3, 0.4) is 0 Å². The Labute approximate surface area is 124 Å². The minimum Gasteiger partial charge on any atom is -0.492 e. The number of hydrogen-bond donors (Lipinski definition) is 0. The largest absolute Gasteiger partial charge is 0.492 e. The highest BCUT2D eigenvalue weighted by Gasteiger charge is 2.05. The molecule has 0 bridgehead atoms. The van der Waals surface area contributed by atoms with E-state index < -0.39 is 0 Å². The summed E-state index contributed by atoms with van der Waals surface area (Å²) in [6.45, 7) is 0.863. The molecule has 6 heteroatoms. The Balaban J connectivity index is 1.69. The first kappa shape index (κ1) is 13.1. The van der Waals surface area contributed by atoms with Crippen LogP contribution in [0, 0.1) is 0 Å². The lowest BCUT2D eigenvalue weighted by molar-refractivity contribution is 0.296. The van der Waals surface area contributed by atoms with E-state index in [4.69, 9.17) is 16.3 Å². The van der Waals surface area contributed by atoms with Gasteiger partial charge in [0.15, 0.2) is 0 Å². The second kappa shape index (κ2) is 5.64. The molecule has 2 heterocycles. The summed E-state index contributed by atoms with van der Waals surface area (Å²) in [7, 11) is 0. The van der Waals surface area contributed by atoms with Crippen molar-refractivity contribution in [2.24, 2.45) is 0 Å². The van der Waals surface area contributed by atoms with Crippen molar-refractivity contribution in [3.8, 4) is 5.75 Å². The number of hydrogen-bond acceptors (Lipinski definition) is 4. The van der Waals surface area contributed by atoms with Crippen LogP contribution < -0.4 is 10.3 Å². The Morgan fingerprint density at radius 1 is 1.25 bits per heavy atom. The fourth-order valence-electron chi connectivity index (χ4n) is 1.83. The van der Waals surface area contributed by atoms with Crippen molar-refractivity contribution in [3.05, 3.63) is 57.4 Å². The molecule has 0 amide bonds. The van der Waals surface area contributed by atoms with Crippen LogP contribution in [0.1, 0.15) is 0 Å². The lowest BCUT2D eigenvalue weighted by Gasteiger charge is -2.08. The Morgan fingerprint density at radius 3 is 2.85 bits per heavy atom. The molecule has 0 aliphatic heterocycles. The summed E-state index contributed by atoms with van der Waals surface area (Å²) >= 11 is 7.21. The summed E-state index contributed by atoms with van der Waals surface area (Å²) in [4.78, 5) is 16.4. The molecule has 0 fully saturated rings. The van der Waals surface area contributed by atoms with E-state index in [1.807, 2.05) is 11.4 Å². The number of aromatic nitrogens is 2. The van der Waals surface area contributed by atoms with E-state index in [0.29, 0.717) is 22.9 Å². The molecular formula is C14H11ClN2O2S. The molecule has 0 saturated heterocycles. The van der Waals surface area contributed by atoms with Crippen LogP contribution in [0.4, 0.5) is 0 Å². The molecule has 0 aliphatic rings. The monoisotopic (exact) mass is 306 g/mol. The molecule has 3 aromatic rings. The third kappa shape index (κ3) is 2.69. The highest BCUT2D eigenvalue weighted by molar-refractivity contribution is 7.17. The van der Waals surface area contributed by atoms with Crippen LogP contribution >= 0.6 is 22.9 Å². The van der Waals surface area contributed by atoms with Gasteiger partial charge in [0.25, 0.3) is 5.56 Å². The molecule has 0 N–H and O–H groups in total. The number of halogens is 1. The maximum atomic E-state index is 12.1. The van der Waals surface area contributed by atoms with Gasteiger partial charge in [-0.05, 0) is 35.7 Å². The zero-order valence-electron chi connectivity index (χ0n) is 10.5. The van der Waals surface area contributed by atoms with Gasteiger partial charge in [-0.15, -0.1) is 11.3 Å². The minimum atomic E-state index is -0.0234. The number of nitrogens with zero attached hydrogens (tertiary/aromatic N) is 2. The second-order valence-corrected chi connectivity index (χ2v) is 5.53. The summed E-state index contributed by atoms with van der Waals surface area (Å²) < 4.78 is 7.81.